The third kappa shape index (κ3) is 5.63. The first-order valence-corrected chi connectivity index (χ1v) is 10.5. The van der Waals surface area contributed by atoms with E-state index in [-0.39, 0.29) is 44.2 Å². The van der Waals surface area contributed by atoms with Crippen LogP contribution in [0.15, 0.2) is 36.4 Å². The number of alkyl halides is 3. The molecular weight excluding hydrogens is 451 g/mol. The Morgan fingerprint density at radius 3 is 2.68 bits per heavy atom. The van der Waals surface area contributed by atoms with E-state index in [1.807, 2.05) is 0 Å². The highest BCUT2D eigenvalue weighted by molar-refractivity contribution is 5.96. The van der Waals surface area contributed by atoms with Gasteiger partial charge >= 0.3 is 6.18 Å². The van der Waals surface area contributed by atoms with Crippen LogP contribution in [0, 0.1) is 18.3 Å². The summed E-state index contributed by atoms with van der Waals surface area (Å²) in [5, 5.41) is 11.7. The van der Waals surface area contributed by atoms with E-state index >= 15 is 0 Å². The maximum absolute atomic E-state index is 13.4. The molecule has 1 aliphatic heterocycles. The quantitative estimate of drug-likeness (QED) is 0.645. The number of rotatable bonds is 6. The molecule has 0 radical (unpaired) electrons. The predicted octanol–water partition coefficient (Wildman–Crippen LogP) is 2.37. The van der Waals surface area contributed by atoms with Crippen LogP contribution in [0.1, 0.15) is 27.3 Å². The van der Waals surface area contributed by atoms with Crippen LogP contribution in [0.4, 0.5) is 18.9 Å². The van der Waals surface area contributed by atoms with Crippen molar-refractivity contribution in [1.82, 2.24) is 15.2 Å². The summed E-state index contributed by atoms with van der Waals surface area (Å²) in [6.07, 6.45) is -4.70. The summed E-state index contributed by atoms with van der Waals surface area (Å²) in [7, 11) is 1.48. The molecule has 3 rings (SSSR count). The Hall–Kier alpha value is -3.65. The molecule has 1 unspecified atom stereocenters. The second kappa shape index (κ2) is 10.5. The lowest BCUT2D eigenvalue weighted by atomic mass is 10.0. The van der Waals surface area contributed by atoms with Crippen LogP contribution in [0.5, 0.6) is 0 Å². The van der Waals surface area contributed by atoms with Crippen molar-refractivity contribution in [2.75, 3.05) is 44.8 Å². The molecule has 1 aromatic carbocycles. The van der Waals surface area contributed by atoms with Crippen LogP contribution in [0.25, 0.3) is 0 Å². The highest BCUT2D eigenvalue weighted by Crippen LogP contribution is 2.35. The molecular formula is C23H24F3N5O3. The SMILES string of the molecule is COCCNC(=O)C1CN(c2ccc(C#N)c(C(F)(F)F)c2)CCN1C(=O)c1cccc(C)n1. The molecule has 1 aromatic heterocycles. The van der Waals surface area contributed by atoms with Crippen LogP contribution in [0.3, 0.4) is 0 Å². The lowest BCUT2D eigenvalue weighted by Gasteiger charge is -2.41. The van der Waals surface area contributed by atoms with Crippen LogP contribution in [0.2, 0.25) is 0 Å². The molecule has 0 bridgehead atoms. The summed E-state index contributed by atoms with van der Waals surface area (Å²) >= 11 is 0. The van der Waals surface area contributed by atoms with E-state index in [2.05, 4.69) is 10.3 Å². The van der Waals surface area contributed by atoms with E-state index in [0.717, 1.165) is 12.1 Å². The lowest BCUT2D eigenvalue weighted by molar-refractivity contribution is -0.137. The van der Waals surface area contributed by atoms with Gasteiger partial charge in [0.25, 0.3) is 5.91 Å². The number of pyridine rings is 1. The van der Waals surface area contributed by atoms with Crippen LogP contribution < -0.4 is 10.2 Å². The fourth-order valence-corrected chi connectivity index (χ4v) is 3.75. The van der Waals surface area contributed by atoms with Gasteiger partial charge in [-0.1, -0.05) is 6.07 Å². The van der Waals surface area contributed by atoms with Crippen LogP contribution >= 0.6 is 0 Å². The third-order valence-corrected chi connectivity index (χ3v) is 5.45. The number of amides is 2. The number of halogens is 3. The zero-order chi connectivity index (χ0) is 24.9. The highest BCUT2D eigenvalue weighted by Gasteiger charge is 2.38. The van der Waals surface area contributed by atoms with Crippen molar-refractivity contribution in [3.63, 3.8) is 0 Å². The molecule has 1 fully saturated rings. The summed E-state index contributed by atoms with van der Waals surface area (Å²) in [4.78, 5) is 33.3. The van der Waals surface area contributed by atoms with Crippen molar-refractivity contribution in [2.24, 2.45) is 0 Å². The lowest BCUT2D eigenvalue weighted by Crippen LogP contribution is -2.61. The Morgan fingerprint density at radius 1 is 1.26 bits per heavy atom. The maximum atomic E-state index is 13.4. The fraction of sp³-hybridized carbons (Fsp3) is 0.391. The summed E-state index contributed by atoms with van der Waals surface area (Å²) in [6, 6.07) is 9.00. The van der Waals surface area contributed by atoms with Gasteiger partial charge in [0.1, 0.15) is 11.7 Å². The summed E-state index contributed by atoms with van der Waals surface area (Å²) in [6.45, 7) is 2.49. The third-order valence-electron chi connectivity index (χ3n) is 5.45. The molecule has 8 nitrogen and oxygen atoms in total. The van der Waals surface area contributed by atoms with E-state index in [9.17, 15) is 22.8 Å². The van der Waals surface area contributed by atoms with E-state index in [1.54, 1.807) is 36.1 Å². The number of nitrogens with zero attached hydrogens (tertiary/aromatic N) is 4. The Balaban J connectivity index is 1.90. The summed E-state index contributed by atoms with van der Waals surface area (Å²) in [5.74, 6) is -0.890. The molecule has 34 heavy (non-hydrogen) atoms. The largest absolute Gasteiger partial charge is 0.417 e. The zero-order valence-corrected chi connectivity index (χ0v) is 18.7. The van der Waals surface area contributed by atoms with Gasteiger partial charge in [-0.15, -0.1) is 0 Å². The van der Waals surface area contributed by atoms with Gasteiger partial charge in [-0.2, -0.15) is 18.4 Å². The molecule has 2 amide bonds. The van der Waals surface area contributed by atoms with Gasteiger partial charge < -0.3 is 19.9 Å². The molecule has 11 heteroatoms. The molecule has 2 heterocycles. The van der Waals surface area contributed by atoms with E-state index in [1.165, 1.54) is 18.1 Å². The number of nitriles is 1. The minimum Gasteiger partial charge on any atom is -0.383 e. The van der Waals surface area contributed by atoms with Gasteiger partial charge in [0.2, 0.25) is 5.91 Å². The van der Waals surface area contributed by atoms with Gasteiger partial charge in [-0.3, -0.25) is 9.59 Å². The molecule has 0 aliphatic carbocycles. The van der Waals surface area contributed by atoms with E-state index in [4.69, 9.17) is 10.00 Å². The number of aromatic nitrogens is 1. The Labute approximate surface area is 194 Å². The highest BCUT2D eigenvalue weighted by atomic mass is 19.4. The number of aryl methyl sites for hydroxylation is 1. The predicted molar refractivity (Wildman–Crippen MR) is 117 cm³/mol. The first-order chi connectivity index (χ1) is 16.2. The molecule has 0 spiro atoms. The van der Waals surface area contributed by atoms with E-state index < -0.39 is 35.2 Å². The number of methoxy groups -OCH3 is 1. The zero-order valence-electron chi connectivity index (χ0n) is 18.7. The number of carbonyl (C=O) groups excluding carboxylic acids is 2. The average Bonchev–Trinajstić information content (AvgIpc) is 2.82. The topological polar surface area (TPSA) is 98.6 Å². The number of nitrogens with one attached hydrogen (secondary N) is 1. The molecule has 1 saturated heterocycles. The molecule has 180 valence electrons. The number of ether oxygens (including phenoxy) is 1. The number of piperazine rings is 1. The number of hydrogen-bond acceptors (Lipinski definition) is 6. The smallest absolute Gasteiger partial charge is 0.383 e. The minimum atomic E-state index is -4.70. The van der Waals surface area contributed by atoms with Crippen LogP contribution in [-0.4, -0.2) is 67.6 Å². The molecule has 1 aliphatic rings. The van der Waals surface area contributed by atoms with Crippen molar-refractivity contribution in [3.05, 3.63) is 58.9 Å². The normalized spacial score (nSPS) is 16.2. The van der Waals surface area contributed by atoms with Crippen molar-refractivity contribution in [1.29, 1.82) is 5.26 Å². The molecule has 1 atom stereocenters. The van der Waals surface area contributed by atoms with Gasteiger partial charge in [0, 0.05) is 44.7 Å². The van der Waals surface area contributed by atoms with Crippen LogP contribution in [-0.2, 0) is 15.7 Å². The maximum Gasteiger partial charge on any atom is 0.417 e. The van der Waals surface area contributed by atoms with E-state index in [0.29, 0.717) is 5.69 Å². The average molecular weight is 475 g/mol. The Bertz CT molecular complexity index is 1100. The fourth-order valence-electron chi connectivity index (χ4n) is 3.75. The summed E-state index contributed by atoms with van der Waals surface area (Å²) in [5.41, 5.74) is -0.494. The van der Waals surface area contributed by atoms with Crippen molar-refractivity contribution in [3.8, 4) is 6.07 Å². The molecule has 2 aromatic rings. The van der Waals surface area contributed by atoms with Crippen molar-refractivity contribution < 1.29 is 27.5 Å². The van der Waals surface area contributed by atoms with Gasteiger partial charge in [0.15, 0.2) is 0 Å². The number of carbonyl (C=O) groups is 2. The van der Waals surface area contributed by atoms with Gasteiger partial charge in [-0.05, 0) is 37.3 Å². The van der Waals surface area contributed by atoms with Crippen molar-refractivity contribution >= 4 is 17.5 Å². The number of hydrogen-bond donors (Lipinski definition) is 1. The second-order valence-corrected chi connectivity index (χ2v) is 7.75. The number of anilines is 1. The van der Waals surface area contributed by atoms with Crippen molar-refractivity contribution in [2.45, 2.75) is 19.1 Å². The van der Waals surface area contributed by atoms with Gasteiger partial charge in [0.05, 0.1) is 23.8 Å². The second-order valence-electron chi connectivity index (χ2n) is 7.75. The monoisotopic (exact) mass is 475 g/mol. The summed E-state index contributed by atoms with van der Waals surface area (Å²) < 4.78 is 45.3. The Morgan fingerprint density at radius 2 is 2.03 bits per heavy atom. The molecule has 0 saturated carbocycles. The number of benzene rings is 1. The minimum absolute atomic E-state index is 0.0282. The molecule has 1 N–H and O–H groups in total. The first kappa shape index (κ1) is 25.0. The van der Waals surface area contributed by atoms with Gasteiger partial charge in [-0.25, -0.2) is 4.98 Å². The first-order valence-electron chi connectivity index (χ1n) is 10.5. The Kier molecular flexibility index (Phi) is 7.73. The standard InChI is InChI=1S/C23H24F3N5O3/c1-15-4-3-5-19(29-15)22(33)31-10-9-30(14-20(31)21(32)28-8-11-34-2)17-7-6-16(13-27)18(12-17)23(24,25)26/h3-7,12,20H,8-11,14H2,1-2H3,(H,28,32).